The first-order valence-corrected chi connectivity index (χ1v) is 12.4. The molecule has 0 aliphatic rings. The molecule has 2 N–H and O–H groups in total. The summed E-state index contributed by atoms with van der Waals surface area (Å²) in [5.41, 5.74) is 3.02. The molecular formula is C28H48O2. The third-order valence-corrected chi connectivity index (χ3v) is 6.44. The molecule has 1 aromatic rings. The Bertz CT molecular complexity index is 630. The van der Waals surface area contributed by atoms with E-state index >= 15 is 0 Å². The van der Waals surface area contributed by atoms with Crippen LogP contribution in [0, 0.1) is 17.8 Å². The van der Waals surface area contributed by atoms with Crippen LogP contribution in [0.2, 0.25) is 0 Å². The topological polar surface area (TPSA) is 40.5 Å². The third-order valence-electron chi connectivity index (χ3n) is 6.44. The van der Waals surface area contributed by atoms with Gasteiger partial charge in [0.25, 0.3) is 0 Å². The molecule has 2 nitrogen and oxygen atoms in total. The van der Waals surface area contributed by atoms with Crippen LogP contribution in [0.1, 0.15) is 110 Å². The standard InChI is InChI=1S/C28H48O2/c1-7-25-19-27(29)20-26(28(25)30)18-17-24(6)16-10-15-23(5)14-9-13-22(4)12-8-11-21(2)3/h17,19-23,29-30H,7-16,18H2,1-6H3. The molecule has 0 fully saturated rings. The van der Waals surface area contributed by atoms with E-state index in [-0.39, 0.29) is 5.75 Å². The molecule has 172 valence electrons. The van der Waals surface area contributed by atoms with Gasteiger partial charge in [-0.05, 0) is 68.1 Å². The predicted molar refractivity (Wildman–Crippen MR) is 131 cm³/mol. The fourth-order valence-electron chi connectivity index (χ4n) is 4.26. The number of aromatic hydroxyl groups is 2. The Kier molecular flexibility index (Phi) is 12.9. The lowest BCUT2D eigenvalue weighted by Gasteiger charge is -2.15. The number of benzene rings is 1. The summed E-state index contributed by atoms with van der Waals surface area (Å²) < 4.78 is 0. The van der Waals surface area contributed by atoms with Crippen molar-refractivity contribution in [1.82, 2.24) is 0 Å². The minimum Gasteiger partial charge on any atom is -0.508 e. The van der Waals surface area contributed by atoms with Gasteiger partial charge in [0.1, 0.15) is 11.5 Å². The van der Waals surface area contributed by atoms with Gasteiger partial charge in [-0.25, -0.2) is 0 Å². The van der Waals surface area contributed by atoms with E-state index in [1.807, 2.05) is 6.92 Å². The van der Waals surface area contributed by atoms with Gasteiger partial charge in [0, 0.05) is 5.56 Å². The summed E-state index contributed by atoms with van der Waals surface area (Å²) in [6, 6.07) is 3.34. The smallest absolute Gasteiger partial charge is 0.122 e. The summed E-state index contributed by atoms with van der Waals surface area (Å²) >= 11 is 0. The first-order chi connectivity index (χ1) is 14.2. The van der Waals surface area contributed by atoms with Gasteiger partial charge in [-0.3, -0.25) is 0 Å². The summed E-state index contributed by atoms with van der Waals surface area (Å²) in [4.78, 5) is 0. The van der Waals surface area contributed by atoms with E-state index in [0.29, 0.717) is 12.2 Å². The SMILES string of the molecule is CCc1cc(O)cc(CC=C(C)CCCC(C)CCCC(C)CCCC(C)C)c1O. The first-order valence-electron chi connectivity index (χ1n) is 12.4. The largest absolute Gasteiger partial charge is 0.508 e. The van der Waals surface area contributed by atoms with Crippen molar-refractivity contribution in [2.45, 2.75) is 112 Å². The monoisotopic (exact) mass is 416 g/mol. The average Bonchev–Trinajstić information content (AvgIpc) is 2.68. The van der Waals surface area contributed by atoms with Crippen molar-refractivity contribution in [3.05, 3.63) is 34.9 Å². The second-order valence-electron chi connectivity index (χ2n) is 10.1. The number of phenols is 2. The van der Waals surface area contributed by atoms with Gasteiger partial charge < -0.3 is 10.2 Å². The summed E-state index contributed by atoms with van der Waals surface area (Å²) in [6.45, 7) is 13.6. The van der Waals surface area contributed by atoms with Gasteiger partial charge in [0.05, 0.1) is 0 Å². The zero-order valence-electron chi connectivity index (χ0n) is 20.6. The molecular weight excluding hydrogens is 368 g/mol. The molecule has 0 aromatic heterocycles. The highest BCUT2D eigenvalue weighted by molar-refractivity contribution is 5.46. The van der Waals surface area contributed by atoms with E-state index in [9.17, 15) is 10.2 Å². The van der Waals surface area contributed by atoms with Crippen LogP contribution in [-0.4, -0.2) is 10.2 Å². The van der Waals surface area contributed by atoms with Crippen molar-refractivity contribution in [3.8, 4) is 11.5 Å². The lowest BCUT2D eigenvalue weighted by atomic mass is 9.91. The van der Waals surface area contributed by atoms with E-state index in [2.05, 4.69) is 40.7 Å². The van der Waals surface area contributed by atoms with E-state index in [1.54, 1.807) is 12.1 Å². The van der Waals surface area contributed by atoms with Gasteiger partial charge in [0.15, 0.2) is 0 Å². The van der Waals surface area contributed by atoms with E-state index in [4.69, 9.17) is 0 Å². The second-order valence-corrected chi connectivity index (χ2v) is 10.1. The van der Waals surface area contributed by atoms with Crippen LogP contribution in [-0.2, 0) is 12.8 Å². The highest BCUT2D eigenvalue weighted by atomic mass is 16.3. The Morgan fingerprint density at radius 1 is 0.833 bits per heavy atom. The number of hydrogen-bond donors (Lipinski definition) is 2. The van der Waals surface area contributed by atoms with Gasteiger partial charge in [-0.1, -0.05) is 91.2 Å². The second kappa shape index (κ2) is 14.5. The zero-order chi connectivity index (χ0) is 22.5. The van der Waals surface area contributed by atoms with Crippen molar-refractivity contribution in [1.29, 1.82) is 0 Å². The molecule has 0 saturated carbocycles. The Balaban J connectivity index is 2.26. The molecule has 0 aliphatic heterocycles. The lowest BCUT2D eigenvalue weighted by Crippen LogP contribution is -2.00. The lowest BCUT2D eigenvalue weighted by molar-refractivity contribution is 0.389. The number of allylic oxidation sites excluding steroid dienone is 2. The van der Waals surface area contributed by atoms with Crippen LogP contribution in [0.4, 0.5) is 0 Å². The number of aryl methyl sites for hydroxylation is 1. The van der Waals surface area contributed by atoms with Crippen LogP contribution < -0.4 is 0 Å². The normalized spacial score (nSPS) is 14.3. The number of phenolic OH excluding ortho intramolecular Hbond substituents is 2. The maximum atomic E-state index is 10.3. The van der Waals surface area contributed by atoms with Crippen molar-refractivity contribution in [2.75, 3.05) is 0 Å². The van der Waals surface area contributed by atoms with Crippen LogP contribution in [0.25, 0.3) is 0 Å². The van der Waals surface area contributed by atoms with E-state index in [0.717, 1.165) is 41.7 Å². The number of hydrogen-bond acceptors (Lipinski definition) is 2. The molecule has 2 atom stereocenters. The molecule has 0 bridgehead atoms. The molecule has 0 spiro atoms. The van der Waals surface area contributed by atoms with E-state index in [1.165, 1.54) is 56.9 Å². The molecule has 0 radical (unpaired) electrons. The van der Waals surface area contributed by atoms with E-state index < -0.39 is 0 Å². The van der Waals surface area contributed by atoms with Crippen LogP contribution >= 0.6 is 0 Å². The molecule has 0 aliphatic carbocycles. The minimum atomic E-state index is 0.244. The molecule has 0 amide bonds. The minimum absolute atomic E-state index is 0.244. The van der Waals surface area contributed by atoms with Crippen LogP contribution in [0.5, 0.6) is 11.5 Å². The Labute approximate surface area is 186 Å². The maximum absolute atomic E-state index is 10.3. The van der Waals surface area contributed by atoms with Crippen LogP contribution in [0.15, 0.2) is 23.8 Å². The Morgan fingerprint density at radius 3 is 1.93 bits per heavy atom. The molecule has 1 rings (SSSR count). The van der Waals surface area contributed by atoms with Gasteiger partial charge >= 0.3 is 0 Å². The zero-order valence-corrected chi connectivity index (χ0v) is 20.6. The maximum Gasteiger partial charge on any atom is 0.122 e. The molecule has 1 aromatic carbocycles. The molecule has 0 saturated heterocycles. The fraction of sp³-hybridized carbons (Fsp3) is 0.714. The summed E-state index contributed by atoms with van der Waals surface area (Å²) in [5.74, 6) is 3.11. The quantitative estimate of drug-likeness (QED) is 0.222. The van der Waals surface area contributed by atoms with Crippen molar-refractivity contribution in [2.24, 2.45) is 17.8 Å². The Morgan fingerprint density at radius 2 is 1.37 bits per heavy atom. The van der Waals surface area contributed by atoms with Gasteiger partial charge in [0.2, 0.25) is 0 Å². The van der Waals surface area contributed by atoms with Gasteiger partial charge in [-0.15, -0.1) is 0 Å². The van der Waals surface area contributed by atoms with Crippen molar-refractivity contribution < 1.29 is 10.2 Å². The van der Waals surface area contributed by atoms with Crippen LogP contribution in [0.3, 0.4) is 0 Å². The number of rotatable bonds is 15. The van der Waals surface area contributed by atoms with Crippen molar-refractivity contribution in [3.63, 3.8) is 0 Å². The Hall–Kier alpha value is -1.44. The molecule has 0 heterocycles. The third kappa shape index (κ3) is 11.1. The van der Waals surface area contributed by atoms with Gasteiger partial charge in [-0.2, -0.15) is 0 Å². The predicted octanol–water partition coefficient (Wildman–Crippen LogP) is 8.59. The molecule has 2 heteroatoms. The molecule has 30 heavy (non-hydrogen) atoms. The highest BCUT2D eigenvalue weighted by Gasteiger charge is 2.09. The molecule has 2 unspecified atom stereocenters. The average molecular weight is 417 g/mol. The fourth-order valence-corrected chi connectivity index (χ4v) is 4.26. The highest BCUT2D eigenvalue weighted by Crippen LogP contribution is 2.29. The summed E-state index contributed by atoms with van der Waals surface area (Å²) in [7, 11) is 0. The first kappa shape index (κ1) is 26.6. The van der Waals surface area contributed by atoms with Crippen molar-refractivity contribution >= 4 is 0 Å². The summed E-state index contributed by atoms with van der Waals surface area (Å²) in [5, 5.41) is 20.2. The summed E-state index contributed by atoms with van der Waals surface area (Å²) in [6.07, 6.45) is 15.5.